The van der Waals surface area contributed by atoms with Crippen LogP contribution in [-0.4, -0.2) is 41.2 Å². The second-order valence-electron chi connectivity index (χ2n) is 8.79. The van der Waals surface area contributed by atoms with Crippen LogP contribution < -0.4 is 15.4 Å². The maximum atomic E-state index is 14.4. The second-order valence-corrected chi connectivity index (χ2v) is 8.79. The van der Waals surface area contributed by atoms with Crippen LogP contribution >= 0.6 is 0 Å². The third-order valence-electron chi connectivity index (χ3n) is 6.69. The van der Waals surface area contributed by atoms with Crippen molar-refractivity contribution in [3.63, 3.8) is 0 Å². The molecule has 31 heavy (non-hydrogen) atoms. The molecule has 1 aliphatic carbocycles. The zero-order chi connectivity index (χ0) is 21.6. The fourth-order valence-electron chi connectivity index (χ4n) is 4.90. The smallest absolute Gasteiger partial charge is 0.226 e. The van der Waals surface area contributed by atoms with Crippen molar-refractivity contribution in [3.05, 3.63) is 29.8 Å². The van der Waals surface area contributed by atoms with Crippen LogP contribution in [0.2, 0.25) is 0 Å². The highest BCUT2D eigenvalue weighted by atomic mass is 19.1. The zero-order valence-electron chi connectivity index (χ0n) is 18.7. The molecule has 1 aliphatic heterocycles. The van der Waals surface area contributed by atoms with Gasteiger partial charge in [-0.05, 0) is 62.8 Å². The van der Waals surface area contributed by atoms with Gasteiger partial charge in [0.1, 0.15) is 5.82 Å². The van der Waals surface area contributed by atoms with Gasteiger partial charge in [0.2, 0.25) is 5.95 Å². The monoisotopic (exact) mass is 427 g/mol. The topological polar surface area (TPSA) is 72.0 Å². The van der Waals surface area contributed by atoms with Crippen LogP contribution in [0.3, 0.4) is 0 Å². The van der Waals surface area contributed by atoms with Gasteiger partial charge in [-0.15, -0.1) is 0 Å². The molecule has 2 fully saturated rings. The van der Waals surface area contributed by atoms with Gasteiger partial charge in [-0.3, -0.25) is 0 Å². The van der Waals surface area contributed by atoms with E-state index < -0.39 is 5.82 Å². The Bertz CT molecular complexity index is 865. The zero-order valence-corrected chi connectivity index (χ0v) is 18.7. The first-order valence-electron chi connectivity index (χ1n) is 11.7. The Balaban J connectivity index is 1.64. The number of hydrogen-bond acceptors (Lipinski definition) is 6. The first-order valence-corrected chi connectivity index (χ1v) is 11.7. The number of nitrogens with one attached hydrogen (secondary N) is 2. The van der Waals surface area contributed by atoms with Crippen molar-refractivity contribution < 1.29 is 9.13 Å². The molecule has 1 aromatic carbocycles. The van der Waals surface area contributed by atoms with E-state index in [0.29, 0.717) is 29.3 Å². The van der Waals surface area contributed by atoms with Gasteiger partial charge in [0.25, 0.3) is 0 Å². The van der Waals surface area contributed by atoms with Crippen LogP contribution in [-0.2, 0) is 0 Å². The van der Waals surface area contributed by atoms with Crippen molar-refractivity contribution in [2.24, 2.45) is 5.92 Å². The Morgan fingerprint density at radius 1 is 1.13 bits per heavy atom. The number of anilines is 1. The van der Waals surface area contributed by atoms with E-state index in [9.17, 15) is 4.39 Å². The van der Waals surface area contributed by atoms with Crippen LogP contribution in [0.25, 0.3) is 11.4 Å². The fourth-order valence-corrected chi connectivity index (χ4v) is 4.90. The maximum Gasteiger partial charge on any atom is 0.226 e. The lowest BCUT2D eigenvalue weighted by Crippen LogP contribution is -2.30. The van der Waals surface area contributed by atoms with E-state index in [1.807, 2.05) is 0 Å². The van der Waals surface area contributed by atoms with Crippen molar-refractivity contribution in [2.45, 2.75) is 70.3 Å². The van der Waals surface area contributed by atoms with Crippen LogP contribution in [0.4, 0.5) is 10.3 Å². The number of rotatable bonds is 8. The van der Waals surface area contributed by atoms with Gasteiger partial charge >= 0.3 is 0 Å². The molecular weight excluding hydrogens is 393 g/mol. The number of hydrogen-bond donors (Lipinski definition) is 2. The highest BCUT2D eigenvalue weighted by Gasteiger charge is 2.28. The first kappa shape index (κ1) is 21.9. The molecule has 2 heterocycles. The lowest BCUT2D eigenvalue weighted by atomic mass is 9.89. The average Bonchev–Trinajstić information content (AvgIpc) is 3.33. The van der Waals surface area contributed by atoms with Gasteiger partial charge in [0.05, 0.1) is 7.11 Å². The predicted octanol–water partition coefficient (Wildman–Crippen LogP) is 4.92. The largest absolute Gasteiger partial charge is 0.494 e. The van der Waals surface area contributed by atoms with Gasteiger partial charge in [0, 0.05) is 24.1 Å². The van der Waals surface area contributed by atoms with Crippen molar-refractivity contribution in [2.75, 3.05) is 25.5 Å². The summed E-state index contributed by atoms with van der Waals surface area (Å²) in [6, 6.07) is 5.25. The minimum Gasteiger partial charge on any atom is -0.494 e. The fraction of sp³-hybridized carbons (Fsp3) is 0.625. The molecule has 2 aromatic rings. The van der Waals surface area contributed by atoms with Crippen LogP contribution in [0.5, 0.6) is 5.75 Å². The molecule has 0 spiro atoms. The van der Waals surface area contributed by atoms with Crippen molar-refractivity contribution in [3.8, 4) is 17.1 Å². The molecule has 0 bridgehead atoms. The maximum absolute atomic E-state index is 14.4. The first-order chi connectivity index (χ1) is 15.2. The van der Waals surface area contributed by atoms with Gasteiger partial charge in [-0.25, -0.2) is 9.37 Å². The van der Waals surface area contributed by atoms with E-state index in [2.05, 4.69) is 22.5 Å². The number of benzene rings is 1. The molecule has 2 atom stereocenters. The molecule has 7 heteroatoms. The van der Waals surface area contributed by atoms with Crippen molar-refractivity contribution in [1.82, 2.24) is 20.3 Å². The van der Waals surface area contributed by atoms with Crippen LogP contribution in [0.1, 0.15) is 70.0 Å². The summed E-state index contributed by atoms with van der Waals surface area (Å²) < 4.78 is 19.4. The van der Waals surface area contributed by atoms with E-state index in [1.165, 1.54) is 51.7 Å². The van der Waals surface area contributed by atoms with Crippen LogP contribution in [0.15, 0.2) is 18.2 Å². The van der Waals surface area contributed by atoms with Crippen molar-refractivity contribution >= 4 is 5.95 Å². The Hall–Kier alpha value is -2.28. The molecular formula is C24H34FN5O. The molecule has 2 N–H and O–H groups in total. The molecule has 0 radical (unpaired) electrons. The summed E-state index contributed by atoms with van der Waals surface area (Å²) in [6.45, 7) is 4.09. The minimum atomic E-state index is -0.414. The molecule has 0 amide bonds. The standard InChI is InChI=1S/C24H34FN5O/c1-3-18(20-10-7-13-26-20)23-28-22(17-11-12-21(31-2)19(25)14-17)29-24(30-23)27-15-16-8-5-4-6-9-16/h11-12,14,16,18,20,26H,3-10,13,15H2,1-2H3,(H,27,28,29,30)/t18-,20?/m0/s1. The number of aromatic nitrogens is 3. The number of nitrogens with zero attached hydrogens (tertiary/aromatic N) is 3. The predicted molar refractivity (Wildman–Crippen MR) is 121 cm³/mol. The molecule has 2 aliphatic rings. The molecule has 1 aromatic heterocycles. The highest BCUT2D eigenvalue weighted by Crippen LogP contribution is 2.30. The number of halogens is 1. The van der Waals surface area contributed by atoms with E-state index in [1.54, 1.807) is 12.1 Å². The van der Waals surface area contributed by atoms with E-state index in [-0.39, 0.29) is 11.7 Å². The summed E-state index contributed by atoms with van der Waals surface area (Å²) in [5.74, 6) is 2.57. The molecule has 6 nitrogen and oxygen atoms in total. The molecule has 4 rings (SSSR count). The van der Waals surface area contributed by atoms with Gasteiger partial charge in [0.15, 0.2) is 17.4 Å². The van der Waals surface area contributed by atoms with E-state index in [4.69, 9.17) is 14.7 Å². The highest BCUT2D eigenvalue weighted by molar-refractivity contribution is 5.58. The summed E-state index contributed by atoms with van der Waals surface area (Å²) in [6.07, 6.45) is 9.70. The SMILES string of the molecule is CC[C@H](c1nc(NCC2CCCCC2)nc(-c2ccc(OC)c(F)c2)n1)C1CCCN1. The summed E-state index contributed by atoms with van der Waals surface area (Å²) in [5.41, 5.74) is 0.636. The quantitative estimate of drug-likeness (QED) is 0.623. The minimum absolute atomic E-state index is 0.211. The lowest BCUT2D eigenvalue weighted by molar-refractivity contribution is 0.373. The van der Waals surface area contributed by atoms with Gasteiger partial charge < -0.3 is 15.4 Å². The van der Waals surface area contributed by atoms with Gasteiger partial charge in [-0.1, -0.05) is 26.2 Å². The summed E-state index contributed by atoms with van der Waals surface area (Å²) in [7, 11) is 1.47. The van der Waals surface area contributed by atoms with E-state index >= 15 is 0 Å². The normalized spacial score (nSPS) is 20.5. The third-order valence-corrected chi connectivity index (χ3v) is 6.69. The Morgan fingerprint density at radius 3 is 2.65 bits per heavy atom. The lowest BCUT2D eigenvalue weighted by Gasteiger charge is -2.23. The molecule has 1 unspecified atom stereocenters. The van der Waals surface area contributed by atoms with E-state index in [0.717, 1.165) is 31.8 Å². The summed E-state index contributed by atoms with van der Waals surface area (Å²) in [4.78, 5) is 14.3. The van der Waals surface area contributed by atoms with Gasteiger partial charge in [-0.2, -0.15) is 9.97 Å². The Labute approximate surface area is 184 Å². The Kier molecular flexibility index (Phi) is 7.33. The van der Waals surface area contributed by atoms with Crippen LogP contribution in [0, 0.1) is 11.7 Å². The molecule has 1 saturated heterocycles. The number of ether oxygens (including phenoxy) is 1. The molecule has 168 valence electrons. The number of methoxy groups -OCH3 is 1. The second kappa shape index (κ2) is 10.4. The summed E-state index contributed by atoms with van der Waals surface area (Å²) in [5, 5.41) is 7.07. The third kappa shape index (κ3) is 5.32. The van der Waals surface area contributed by atoms with Crippen molar-refractivity contribution in [1.29, 1.82) is 0 Å². The summed E-state index contributed by atoms with van der Waals surface area (Å²) >= 11 is 0. The average molecular weight is 428 g/mol. The Morgan fingerprint density at radius 2 is 1.97 bits per heavy atom. The molecule has 1 saturated carbocycles.